The summed E-state index contributed by atoms with van der Waals surface area (Å²) in [6.07, 6.45) is 1.57. The van der Waals surface area contributed by atoms with Crippen LogP contribution in [0.1, 0.15) is 12.7 Å². The van der Waals surface area contributed by atoms with Crippen LogP contribution in [0.15, 0.2) is 22.8 Å². The first kappa shape index (κ1) is 15.2. The van der Waals surface area contributed by atoms with Crippen molar-refractivity contribution in [2.75, 3.05) is 33.8 Å². The Balaban J connectivity index is 2.34. The number of ether oxygens (including phenoxy) is 1. The number of carbonyl (C=O) groups is 2. The fourth-order valence-corrected chi connectivity index (χ4v) is 1.56. The molecule has 1 aromatic rings. The van der Waals surface area contributed by atoms with Gasteiger partial charge in [-0.05, 0) is 26.1 Å². The molecule has 0 aliphatic rings. The zero-order valence-corrected chi connectivity index (χ0v) is 11.6. The van der Waals surface area contributed by atoms with E-state index in [2.05, 4.69) is 0 Å². The van der Waals surface area contributed by atoms with E-state index >= 15 is 0 Å². The second kappa shape index (κ2) is 7.58. The molecule has 0 unspecified atom stereocenters. The van der Waals surface area contributed by atoms with Gasteiger partial charge in [-0.25, -0.2) is 0 Å². The number of nitrogens with zero attached hydrogens (tertiary/aromatic N) is 2. The van der Waals surface area contributed by atoms with Gasteiger partial charge >= 0.3 is 5.97 Å². The molecule has 106 valence electrons. The number of furan rings is 1. The van der Waals surface area contributed by atoms with Gasteiger partial charge in [0.2, 0.25) is 5.91 Å². The van der Waals surface area contributed by atoms with Gasteiger partial charge in [0.25, 0.3) is 0 Å². The van der Waals surface area contributed by atoms with Crippen molar-refractivity contribution in [1.29, 1.82) is 0 Å². The molecule has 0 aliphatic heterocycles. The van der Waals surface area contributed by atoms with E-state index in [0.717, 1.165) is 5.76 Å². The van der Waals surface area contributed by atoms with Crippen LogP contribution in [-0.2, 0) is 20.9 Å². The molecule has 1 rings (SSSR count). The first-order chi connectivity index (χ1) is 9.02. The van der Waals surface area contributed by atoms with E-state index in [1.54, 1.807) is 43.1 Å². The van der Waals surface area contributed by atoms with E-state index in [1.807, 2.05) is 6.07 Å². The molecule has 0 aliphatic carbocycles. The quantitative estimate of drug-likeness (QED) is 0.682. The lowest BCUT2D eigenvalue weighted by Gasteiger charge is -2.20. The smallest absolute Gasteiger partial charge is 0.320 e. The van der Waals surface area contributed by atoms with E-state index in [-0.39, 0.29) is 25.0 Å². The second-order valence-electron chi connectivity index (χ2n) is 4.31. The van der Waals surface area contributed by atoms with Gasteiger partial charge < -0.3 is 14.1 Å². The second-order valence-corrected chi connectivity index (χ2v) is 4.31. The molecule has 0 radical (unpaired) electrons. The Morgan fingerprint density at radius 3 is 2.63 bits per heavy atom. The van der Waals surface area contributed by atoms with Crippen LogP contribution in [-0.4, -0.2) is 55.5 Å². The molecule has 0 fully saturated rings. The third-order valence-corrected chi connectivity index (χ3v) is 2.51. The molecular weight excluding hydrogens is 248 g/mol. The molecule has 1 amide bonds. The van der Waals surface area contributed by atoms with Gasteiger partial charge in [0.05, 0.1) is 32.5 Å². The zero-order chi connectivity index (χ0) is 14.3. The molecule has 6 nitrogen and oxygen atoms in total. The maximum atomic E-state index is 11.9. The Morgan fingerprint density at radius 1 is 1.32 bits per heavy atom. The molecule has 6 heteroatoms. The summed E-state index contributed by atoms with van der Waals surface area (Å²) < 4.78 is 9.99. The molecule has 0 spiro atoms. The van der Waals surface area contributed by atoms with Crippen molar-refractivity contribution >= 4 is 11.9 Å². The van der Waals surface area contributed by atoms with Crippen molar-refractivity contribution in [3.05, 3.63) is 24.2 Å². The number of hydrogen-bond acceptors (Lipinski definition) is 5. The molecule has 0 bridgehead atoms. The van der Waals surface area contributed by atoms with Gasteiger partial charge in [0.1, 0.15) is 5.76 Å². The molecule has 1 aromatic heterocycles. The first-order valence-corrected chi connectivity index (χ1v) is 6.13. The third-order valence-electron chi connectivity index (χ3n) is 2.51. The summed E-state index contributed by atoms with van der Waals surface area (Å²) in [5.41, 5.74) is 0. The van der Waals surface area contributed by atoms with Gasteiger partial charge in [0, 0.05) is 7.05 Å². The average Bonchev–Trinajstić information content (AvgIpc) is 2.81. The molecule has 0 atom stereocenters. The van der Waals surface area contributed by atoms with Gasteiger partial charge in [0.15, 0.2) is 0 Å². The fraction of sp³-hybridized carbons (Fsp3) is 0.538. The number of rotatable bonds is 7. The van der Waals surface area contributed by atoms with E-state index < -0.39 is 0 Å². The minimum atomic E-state index is -0.327. The van der Waals surface area contributed by atoms with Crippen molar-refractivity contribution in [2.45, 2.75) is 13.5 Å². The number of amides is 1. The number of likely N-dealkylation sites (N-methyl/N-ethyl adjacent to an activating group) is 2. The monoisotopic (exact) mass is 268 g/mol. The maximum Gasteiger partial charge on any atom is 0.320 e. The van der Waals surface area contributed by atoms with Gasteiger partial charge in [-0.15, -0.1) is 0 Å². The molecular formula is C13H20N2O4. The van der Waals surface area contributed by atoms with E-state index in [1.165, 1.54) is 0 Å². The minimum Gasteiger partial charge on any atom is -0.467 e. The highest BCUT2D eigenvalue weighted by Gasteiger charge is 2.15. The number of hydrogen-bond donors (Lipinski definition) is 0. The van der Waals surface area contributed by atoms with E-state index in [4.69, 9.17) is 9.15 Å². The number of esters is 1. The van der Waals surface area contributed by atoms with Crippen LogP contribution in [0.3, 0.4) is 0 Å². The molecule has 0 saturated carbocycles. The van der Waals surface area contributed by atoms with Crippen molar-refractivity contribution in [2.24, 2.45) is 0 Å². The zero-order valence-electron chi connectivity index (χ0n) is 11.6. The lowest BCUT2D eigenvalue weighted by molar-refractivity contribution is -0.144. The standard InChI is InChI=1S/C13H20N2O4/c1-4-18-13(17)10-14(2)9-12(16)15(3)8-11-6-5-7-19-11/h5-7H,4,8-10H2,1-3H3. The highest BCUT2D eigenvalue weighted by atomic mass is 16.5. The normalized spacial score (nSPS) is 10.5. The summed E-state index contributed by atoms with van der Waals surface area (Å²) >= 11 is 0. The third kappa shape index (κ3) is 5.56. The van der Waals surface area contributed by atoms with E-state index in [0.29, 0.717) is 13.2 Å². The first-order valence-electron chi connectivity index (χ1n) is 6.13. The molecule has 19 heavy (non-hydrogen) atoms. The predicted molar refractivity (Wildman–Crippen MR) is 69.3 cm³/mol. The van der Waals surface area contributed by atoms with Crippen LogP contribution in [0.25, 0.3) is 0 Å². The average molecular weight is 268 g/mol. The fourth-order valence-electron chi connectivity index (χ4n) is 1.56. The SMILES string of the molecule is CCOC(=O)CN(C)CC(=O)N(C)Cc1ccco1. The molecule has 0 saturated heterocycles. The van der Waals surface area contributed by atoms with Crippen LogP contribution in [0.5, 0.6) is 0 Å². The van der Waals surface area contributed by atoms with Crippen molar-refractivity contribution in [1.82, 2.24) is 9.80 Å². The van der Waals surface area contributed by atoms with Crippen LogP contribution < -0.4 is 0 Å². The Hall–Kier alpha value is -1.82. The van der Waals surface area contributed by atoms with Gasteiger partial charge in [-0.2, -0.15) is 0 Å². The molecule has 0 aromatic carbocycles. The van der Waals surface area contributed by atoms with Crippen LogP contribution in [0.2, 0.25) is 0 Å². The Bertz CT molecular complexity index is 403. The lowest BCUT2D eigenvalue weighted by atomic mass is 10.4. The summed E-state index contributed by atoms with van der Waals surface area (Å²) in [4.78, 5) is 26.3. The van der Waals surface area contributed by atoms with Crippen molar-refractivity contribution in [3.8, 4) is 0 Å². The Labute approximate surface area is 112 Å². The highest BCUT2D eigenvalue weighted by molar-refractivity contribution is 5.79. The summed E-state index contributed by atoms with van der Waals surface area (Å²) in [6, 6.07) is 3.59. The molecule has 0 N–H and O–H groups in total. The van der Waals surface area contributed by atoms with Crippen molar-refractivity contribution < 1.29 is 18.7 Å². The van der Waals surface area contributed by atoms with Gasteiger partial charge in [-0.1, -0.05) is 0 Å². The van der Waals surface area contributed by atoms with E-state index in [9.17, 15) is 9.59 Å². The topological polar surface area (TPSA) is 63.0 Å². The Kier molecular flexibility index (Phi) is 6.08. The maximum absolute atomic E-state index is 11.9. The highest BCUT2D eigenvalue weighted by Crippen LogP contribution is 2.04. The predicted octanol–water partition coefficient (Wildman–Crippen LogP) is 0.733. The summed E-state index contributed by atoms with van der Waals surface area (Å²) in [5.74, 6) is 0.318. The van der Waals surface area contributed by atoms with Gasteiger partial charge in [-0.3, -0.25) is 14.5 Å². The van der Waals surface area contributed by atoms with Crippen molar-refractivity contribution in [3.63, 3.8) is 0 Å². The minimum absolute atomic E-state index is 0.0804. The summed E-state index contributed by atoms with van der Waals surface area (Å²) in [6.45, 7) is 2.78. The summed E-state index contributed by atoms with van der Waals surface area (Å²) in [7, 11) is 3.40. The number of carbonyl (C=O) groups excluding carboxylic acids is 2. The van der Waals surface area contributed by atoms with Crippen LogP contribution in [0.4, 0.5) is 0 Å². The lowest BCUT2D eigenvalue weighted by Crippen LogP contribution is -2.38. The Morgan fingerprint density at radius 2 is 2.05 bits per heavy atom. The van der Waals surface area contributed by atoms with Crippen LogP contribution >= 0.6 is 0 Å². The molecule has 1 heterocycles. The van der Waals surface area contributed by atoms with Crippen LogP contribution in [0, 0.1) is 0 Å². The summed E-state index contributed by atoms with van der Waals surface area (Å²) in [5, 5.41) is 0. The largest absolute Gasteiger partial charge is 0.467 e.